The standard InChI is InChI=1S/C14H22N2/c1-12(2)15-14(11-16-9-6-10-16)13-7-4-3-5-8-13/h3-5,7-8,12,14-15H,6,9-11H2,1-2H3/t14-/m0/s1. The van der Waals surface area contributed by atoms with E-state index in [2.05, 4.69) is 54.4 Å². The Morgan fingerprint density at radius 1 is 1.19 bits per heavy atom. The molecule has 1 aromatic carbocycles. The molecule has 1 aliphatic heterocycles. The number of nitrogens with zero attached hydrogens (tertiary/aromatic N) is 1. The number of hydrogen-bond donors (Lipinski definition) is 1. The van der Waals surface area contributed by atoms with Gasteiger partial charge in [-0.25, -0.2) is 0 Å². The average molecular weight is 218 g/mol. The van der Waals surface area contributed by atoms with E-state index in [1.807, 2.05) is 0 Å². The monoisotopic (exact) mass is 218 g/mol. The molecule has 0 unspecified atom stereocenters. The average Bonchev–Trinajstić information content (AvgIpc) is 2.22. The maximum absolute atomic E-state index is 3.65. The van der Waals surface area contributed by atoms with Crippen molar-refractivity contribution in [3.05, 3.63) is 35.9 Å². The molecule has 0 spiro atoms. The van der Waals surface area contributed by atoms with Crippen LogP contribution in [0.5, 0.6) is 0 Å². The van der Waals surface area contributed by atoms with Gasteiger partial charge in [-0.15, -0.1) is 0 Å². The Morgan fingerprint density at radius 3 is 2.38 bits per heavy atom. The lowest BCUT2D eigenvalue weighted by molar-refractivity contribution is 0.159. The fourth-order valence-corrected chi connectivity index (χ4v) is 2.16. The largest absolute Gasteiger partial charge is 0.307 e. The zero-order valence-corrected chi connectivity index (χ0v) is 10.3. The van der Waals surface area contributed by atoms with Gasteiger partial charge in [-0.05, 0) is 25.1 Å². The zero-order valence-electron chi connectivity index (χ0n) is 10.3. The molecule has 88 valence electrons. The van der Waals surface area contributed by atoms with Crippen LogP contribution in [0.25, 0.3) is 0 Å². The number of hydrogen-bond acceptors (Lipinski definition) is 2. The summed E-state index contributed by atoms with van der Waals surface area (Å²) < 4.78 is 0. The topological polar surface area (TPSA) is 15.3 Å². The molecule has 0 saturated carbocycles. The smallest absolute Gasteiger partial charge is 0.0451 e. The van der Waals surface area contributed by atoms with E-state index < -0.39 is 0 Å². The van der Waals surface area contributed by atoms with Crippen LogP contribution in [0.4, 0.5) is 0 Å². The highest BCUT2D eigenvalue weighted by Gasteiger charge is 2.20. The first-order chi connectivity index (χ1) is 7.75. The second kappa shape index (κ2) is 5.46. The predicted molar refractivity (Wildman–Crippen MR) is 68.5 cm³/mol. The molecule has 0 aliphatic carbocycles. The molecule has 0 bridgehead atoms. The van der Waals surface area contributed by atoms with Gasteiger partial charge in [0.25, 0.3) is 0 Å². The van der Waals surface area contributed by atoms with Crippen molar-refractivity contribution in [1.82, 2.24) is 10.2 Å². The van der Waals surface area contributed by atoms with Gasteiger partial charge in [-0.3, -0.25) is 0 Å². The molecule has 1 atom stereocenters. The highest BCUT2D eigenvalue weighted by molar-refractivity contribution is 5.19. The first-order valence-electron chi connectivity index (χ1n) is 6.29. The van der Waals surface area contributed by atoms with Crippen LogP contribution in [0.2, 0.25) is 0 Å². The predicted octanol–water partition coefficient (Wildman–Crippen LogP) is 2.43. The van der Waals surface area contributed by atoms with Gasteiger partial charge in [-0.2, -0.15) is 0 Å². The molecule has 1 aliphatic rings. The third-order valence-electron chi connectivity index (χ3n) is 3.13. The summed E-state index contributed by atoms with van der Waals surface area (Å²) in [6.45, 7) is 8.10. The minimum absolute atomic E-state index is 0.474. The van der Waals surface area contributed by atoms with E-state index >= 15 is 0 Å². The minimum atomic E-state index is 0.474. The maximum atomic E-state index is 3.65. The summed E-state index contributed by atoms with van der Waals surface area (Å²) in [5.74, 6) is 0. The summed E-state index contributed by atoms with van der Waals surface area (Å²) in [5, 5.41) is 3.65. The van der Waals surface area contributed by atoms with Crippen molar-refractivity contribution >= 4 is 0 Å². The molecule has 1 heterocycles. The van der Waals surface area contributed by atoms with Crippen molar-refractivity contribution in [3.8, 4) is 0 Å². The molecular formula is C14H22N2. The molecule has 16 heavy (non-hydrogen) atoms. The first-order valence-corrected chi connectivity index (χ1v) is 6.29. The van der Waals surface area contributed by atoms with E-state index in [1.54, 1.807) is 0 Å². The lowest BCUT2D eigenvalue weighted by atomic mass is 10.0. The molecule has 0 radical (unpaired) electrons. The normalized spacial score (nSPS) is 18.4. The molecule has 1 fully saturated rings. The van der Waals surface area contributed by atoms with Gasteiger partial charge < -0.3 is 10.2 Å². The second-order valence-corrected chi connectivity index (χ2v) is 4.94. The van der Waals surface area contributed by atoms with E-state index in [1.165, 1.54) is 25.1 Å². The van der Waals surface area contributed by atoms with E-state index in [0.29, 0.717) is 12.1 Å². The third-order valence-corrected chi connectivity index (χ3v) is 3.13. The number of rotatable bonds is 5. The number of likely N-dealkylation sites (tertiary alicyclic amines) is 1. The first kappa shape index (κ1) is 11.6. The van der Waals surface area contributed by atoms with Crippen molar-refractivity contribution in [2.24, 2.45) is 0 Å². The molecule has 0 amide bonds. The fraction of sp³-hybridized carbons (Fsp3) is 0.571. The van der Waals surface area contributed by atoms with Gasteiger partial charge in [-0.1, -0.05) is 44.2 Å². The lowest BCUT2D eigenvalue weighted by Crippen LogP contribution is -2.44. The molecule has 2 heteroatoms. The number of nitrogens with one attached hydrogen (secondary N) is 1. The summed E-state index contributed by atoms with van der Waals surface area (Å²) >= 11 is 0. The van der Waals surface area contributed by atoms with Crippen molar-refractivity contribution < 1.29 is 0 Å². The van der Waals surface area contributed by atoms with Gasteiger partial charge >= 0.3 is 0 Å². The third kappa shape index (κ3) is 3.06. The fourth-order valence-electron chi connectivity index (χ4n) is 2.16. The van der Waals surface area contributed by atoms with Gasteiger partial charge in [0.15, 0.2) is 0 Å². The minimum Gasteiger partial charge on any atom is -0.307 e. The molecule has 2 nitrogen and oxygen atoms in total. The Morgan fingerprint density at radius 2 is 1.88 bits per heavy atom. The highest BCUT2D eigenvalue weighted by Crippen LogP contribution is 2.18. The Labute approximate surface area is 98.7 Å². The van der Waals surface area contributed by atoms with Crippen LogP contribution in [0, 0.1) is 0 Å². The Kier molecular flexibility index (Phi) is 3.97. The Balaban J connectivity index is 2.01. The summed E-state index contributed by atoms with van der Waals surface area (Å²) in [7, 11) is 0. The second-order valence-electron chi connectivity index (χ2n) is 4.94. The Hall–Kier alpha value is -0.860. The van der Waals surface area contributed by atoms with E-state index in [0.717, 1.165) is 6.54 Å². The van der Waals surface area contributed by atoms with Crippen LogP contribution in [0.1, 0.15) is 31.9 Å². The van der Waals surface area contributed by atoms with Crippen LogP contribution >= 0.6 is 0 Å². The van der Waals surface area contributed by atoms with E-state index in [9.17, 15) is 0 Å². The summed E-state index contributed by atoms with van der Waals surface area (Å²) in [4.78, 5) is 2.52. The molecule has 2 rings (SSSR count). The summed E-state index contributed by atoms with van der Waals surface area (Å²) in [5.41, 5.74) is 1.41. The zero-order chi connectivity index (χ0) is 11.4. The van der Waals surface area contributed by atoms with Gasteiger partial charge in [0.1, 0.15) is 0 Å². The Bertz CT molecular complexity index is 304. The van der Waals surface area contributed by atoms with Gasteiger partial charge in [0, 0.05) is 18.6 Å². The molecule has 1 N–H and O–H groups in total. The van der Waals surface area contributed by atoms with Crippen LogP contribution in [-0.2, 0) is 0 Å². The van der Waals surface area contributed by atoms with Gasteiger partial charge in [0.2, 0.25) is 0 Å². The number of benzene rings is 1. The summed E-state index contributed by atoms with van der Waals surface area (Å²) in [6, 6.07) is 11.8. The van der Waals surface area contributed by atoms with Crippen LogP contribution in [0.3, 0.4) is 0 Å². The van der Waals surface area contributed by atoms with Crippen molar-refractivity contribution in [3.63, 3.8) is 0 Å². The van der Waals surface area contributed by atoms with E-state index in [-0.39, 0.29) is 0 Å². The lowest BCUT2D eigenvalue weighted by Gasteiger charge is -2.35. The van der Waals surface area contributed by atoms with Gasteiger partial charge in [0.05, 0.1) is 0 Å². The van der Waals surface area contributed by atoms with Crippen molar-refractivity contribution in [1.29, 1.82) is 0 Å². The van der Waals surface area contributed by atoms with Crippen molar-refractivity contribution in [2.45, 2.75) is 32.4 Å². The SMILES string of the molecule is CC(C)N[C@@H](CN1CCC1)c1ccccc1. The van der Waals surface area contributed by atoms with Crippen molar-refractivity contribution in [2.75, 3.05) is 19.6 Å². The summed E-state index contributed by atoms with van der Waals surface area (Å²) in [6.07, 6.45) is 1.36. The maximum Gasteiger partial charge on any atom is 0.0451 e. The van der Waals surface area contributed by atoms with E-state index in [4.69, 9.17) is 0 Å². The molecule has 1 aromatic rings. The highest BCUT2D eigenvalue weighted by atomic mass is 15.2. The quantitative estimate of drug-likeness (QED) is 0.816. The molecule has 1 saturated heterocycles. The van der Waals surface area contributed by atoms with Crippen LogP contribution in [0.15, 0.2) is 30.3 Å². The molecule has 0 aromatic heterocycles. The molecular weight excluding hydrogens is 196 g/mol. The van der Waals surface area contributed by atoms with Crippen LogP contribution < -0.4 is 5.32 Å². The van der Waals surface area contributed by atoms with Crippen LogP contribution in [-0.4, -0.2) is 30.6 Å².